The number of esters is 1. The molecule has 0 amide bonds. The first-order valence-corrected chi connectivity index (χ1v) is 4.30. The molecule has 0 rings (SSSR count). The quantitative estimate of drug-likeness (QED) is 0.400. The van der Waals surface area contributed by atoms with E-state index in [2.05, 4.69) is 17.4 Å². The van der Waals surface area contributed by atoms with E-state index < -0.39 is 17.3 Å². The minimum absolute atomic E-state index is 0.127. The third-order valence-corrected chi connectivity index (χ3v) is 1.71. The Kier molecular flexibility index (Phi) is 5.37. The van der Waals surface area contributed by atoms with Crippen LogP contribution in [0.2, 0.25) is 0 Å². The van der Waals surface area contributed by atoms with Crippen LogP contribution in [0.5, 0.6) is 0 Å². The van der Waals surface area contributed by atoms with E-state index in [1.807, 2.05) is 0 Å². The Morgan fingerprint density at radius 1 is 1.46 bits per heavy atom. The Balaban J connectivity index is 4.17. The van der Waals surface area contributed by atoms with Crippen molar-refractivity contribution < 1.29 is 19.1 Å². The molecule has 4 nitrogen and oxygen atoms in total. The van der Waals surface area contributed by atoms with Gasteiger partial charge in [0.2, 0.25) is 0 Å². The summed E-state index contributed by atoms with van der Waals surface area (Å²) in [6, 6.07) is 0. The zero-order valence-electron chi connectivity index (χ0n) is 7.52. The molecule has 2 atom stereocenters. The predicted octanol–water partition coefficient (Wildman–Crippen LogP) is 0.395. The standard InChI is InChI=1S/C8H12O4S/c1-5(10)8(12-6(2)11)3-7(13)4-9/h4,7-8,13H,3H2,1-2H3. The summed E-state index contributed by atoms with van der Waals surface area (Å²) in [4.78, 5) is 31.7. The van der Waals surface area contributed by atoms with Gasteiger partial charge in [-0.05, 0) is 6.92 Å². The van der Waals surface area contributed by atoms with E-state index in [0.29, 0.717) is 6.29 Å². The highest BCUT2D eigenvalue weighted by Gasteiger charge is 2.20. The van der Waals surface area contributed by atoms with Crippen LogP contribution in [0.25, 0.3) is 0 Å². The van der Waals surface area contributed by atoms with Crippen molar-refractivity contribution in [1.29, 1.82) is 0 Å². The Morgan fingerprint density at radius 3 is 2.31 bits per heavy atom. The first-order valence-electron chi connectivity index (χ1n) is 3.78. The van der Waals surface area contributed by atoms with Gasteiger partial charge >= 0.3 is 5.97 Å². The highest BCUT2D eigenvalue weighted by Crippen LogP contribution is 2.07. The van der Waals surface area contributed by atoms with Gasteiger partial charge in [-0.25, -0.2) is 0 Å². The molecule has 0 aliphatic carbocycles. The monoisotopic (exact) mass is 204 g/mol. The van der Waals surface area contributed by atoms with Crippen LogP contribution in [0, 0.1) is 0 Å². The van der Waals surface area contributed by atoms with Crippen LogP contribution < -0.4 is 0 Å². The molecule has 0 aromatic heterocycles. The van der Waals surface area contributed by atoms with Gasteiger partial charge in [0.15, 0.2) is 11.9 Å². The molecule has 0 saturated heterocycles. The van der Waals surface area contributed by atoms with Crippen molar-refractivity contribution >= 4 is 30.7 Å². The minimum atomic E-state index is -0.856. The van der Waals surface area contributed by atoms with Crippen molar-refractivity contribution in [2.75, 3.05) is 0 Å². The van der Waals surface area contributed by atoms with Crippen LogP contribution in [-0.2, 0) is 19.1 Å². The van der Waals surface area contributed by atoms with Gasteiger partial charge in [-0.2, -0.15) is 12.6 Å². The van der Waals surface area contributed by atoms with E-state index >= 15 is 0 Å². The number of ether oxygens (including phenoxy) is 1. The molecule has 5 heteroatoms. The average molecular weight is 204 g/mol. The average Bonchev–Trinajstić information content (AvgIpc) is 2.02. The molecule has 0 radical (unpaired) electrons. The molecule has 0 aromatic carbocycles. The van der Waals surface area contributed by atoms with Gasteiger partial charge in [-0.15, -0.1) is 0 Å². The highest BCUT2D eigenvalue weighted by atomic mass is 32.1. The normalized spacial score (nSPS) is 14.4. The molecule has 2 unspecified atom stereocenters. The Hall–Kier alpha value is -0.840. The molecule has 0 heterocycles. The number of Topliss-reactive ketones (excluding diaryl/α,β-unsaturated/α-hetero) is 1. The number of hydrogen-bond donors (Lipinski definition) is 1. The molecular weight excluding hydrogens is 192 g/mol. The molecule has 74 valence electrons. The van der Waals surface area contributed by atoms with Crippen molar-refractivity contribution in [3.05, 3.63) is 0 Å². The molecule has 0 aromatic rings. The van der Waals surface area contributed by atoms with Crippen molar-refractivity contribution in [3.63, 3.8) is 0 Å². The maximum absolute atomic E-state index is 10.9. The molecule has 0 bridgehead atoms. The molecule has 0 aliphatic rings. The largest absolute Gasteiger partial charge is 0.455 e. The maximum atomic E-state index is 10.9. The first-order chi connectivity index (χ1) is 5.97. The molecule has 0 spiro atoms. The second kappa shape index (κ2) is 5.75. The van der Waals surface area contributed by atoms with Crippen molar-refractivity contribution in [2.24, 2.45) is 0 Å². The number of ketones is 1. The third-order valence-electron chi connectivity index (χ3n) is 1.37. The van der Waals surface area contributed by atoms with Crippen molar-refractivity contribution in [1.82, 2.24) is 0 Å². The van der Waals surface area contributed by atoms with Crippen LogP contribution in [0.3, 0.4) is 0 Å². The van der Waals surface area contributed by atoms with Crippen LogP contribution in [0.1, 0.15) is 20.3 Å². The predicted molar refractivity (Wildman–Crippen MR) is 49.7 cm³/mol. The second-order valence-corrected chi connectivity index (χ2v) is 3.31. The SMILES string of the molecule is CC(=O)OC(CC(S)C=O)C(C)=O. The topological polar surface area (TPSA) is 60.4 Å². The molecule has 13 heavy (non-hydrogen) atoms. The summed E-state index contributed by atoms with van der Waals surface area (Å²) in [6.07, 6.45) is -0.130. The number of aldehydes is 1. The lowest BCUT2D eigenvalue weighted by atomic mass is 10.1. The summed E-state index contributed by atoms with van der Waals surface area (Å²) < 4.78 is 4.69. The van der Waals surface area contributed by atoms with Crippen LogP contribution in [0.15, 0.2) is 0 Å². The third kappa shape index (κ3) is 5.41. The summed E-state index contributed by atoms with van der Waals surface area (Å²) in [6.45, 7) is 2.52. The Labute approximate surface area is 82.0 Å². The lowest BCUT2D eigenvalue weighted by molar-refractivity contribution is -0.152. The number of carbonyl (C=O) groups excluding carboxylic acids is 3. The zero-order chi connectivity index (χ0) is 10.4. The number of carbonyl (C=O) groups is 3. The second-order valence-electron chi connectivity index (χ2n) is 2.65. The summed E-state index contributed by atoms with van der Waals surface area (Å²) in [5.41, 5.74) is 0. The van der Waals surface area contributed by atoms with E-state index in [4.69, 9.17) is 0 Å². The van der Waals surface area contributed by atoms with Gasteiger partial charge in [0.25, 0.3) is 0 Å². The van der Waals surface area contributed by atoms with Crippen molar-refractivity contribution in [2.45, 2.75) is 31.6 Å². The lowest BCUT2D eigenvalue weighted by Crippen LogP contribution is -2.27. The van der Waals surface area contributed by atoms with Gasteiger partial charge in [0, 0.05) is 13.3 Å². The fourth-order valence-corrected chi connectivity index (χ4v) is 0.964. The smallest absolute Gasteiger partial charge is 0.303 e. The summed E-state index contributed by atoms with van der Waals surface area (Å²) in [5.74, 6) is -0.817. The summed E-state index contributed by atoms with van der Waals surface area (Å²) in [5, 5.41) is -0.576. The van der Waals surface area contributed by atoms with E-state index in [1.165, 1.54) is 13.8 Å². The number of hydrogen-bond acceptors (Lipinski definition) is 5. The molecule has 0 aliphatic heterocycles. The molecular formula is C8H12O4S. The molecule has 0 fully saturated rings. The first kappa shape index (κ1) is 12.2. The lowest BCUT2D eigenvalue weighted by Gasteiger charge is -2.14. The summed E-state index contributed by atoms with van der Waals surface area (Å²) >= 11 is 3.87. The van der Waals surface area contributed by atoms with E-state index in [1.54, 1.807) is 0 Å². The highest BCUT2D eigenvalue weighted by molar-refractivity contribution is 7.81. The van der Waals surface area contributed by atoms with Gasteiger partial charge in [-0.1, -0.05) is 0 Å². The zero-order valence-corrected chi connectivity index (χ0v) is 8.41. The Morgan fingerprint density at radius 2 is 2.00 bits per heavy atom. The number of thiol groups is 1. The minimum Gasteiger partial charge on any atom is -0.455 e. The number of rotatable bonds is 5. The van der Waals surface area contributed by atoms with Gasteiger partial charge in [0.05, 0.1) is 5.25 Å². The van der Waals surface area contributed by atoms with Crippen molar-refractivity contribution in [3.8, 4) is 0 Å². The van der Waals surface area contributed by atoms with Gasteiger partial charge in [0.1, 0.15) is 6.29 Å². The van der Waals surface area contributed by atoms with E-state index in [-0.39, 0.29) is 12.2 Å². The fourth-order valence-electron chi connectivity index (χ4n) is 0.772. The molecule has 0 saturated carbocycles. The van der Waals surface area contributed by atoms with Crippen LogP contribution in [-0.4, -0.2) is 29.4 Å². The summed E-state index contributed by atoms with van der Waals surface area (Å²) in [7, 11) is 0. The Bertz CT molecular complexity index is 214. The van der Waals surface area contributed by atoms with E-state index in [9.17, 15) is 14.4 Å². The fraction of sp³-hybridized carbons (Fsp3) is 0.625. The van der Waals surface area contributed by atoms with E-state index in [0.717, 1.165) is 0 Å². The van der Waals surface area contributed by atoms with Gasteiger partial charge < -0.3 is 9.53 Å². The van der Waals surface area contributed by atoms with Crippen LogP contribution in [0.4, 0.5) is 0 Å². The molecule has 0 N–H and O–H groups in total. The van der Waals surface area contributed by atoms with Gasteiger partial charge in [-0.3, -0.25) is 9.59 Å². The van der Waals surface area contributed by atoms with Crippen LogP contribution >= 0.6 is 12.6 Å². The maximum Gasteiger partial charge on any atom is 0.303 e.